The summed E-state index contributed by atoms with van der Waals surface area (Å²) in [4.78, 5) is 21.4. The van der Waals surface area contributed by atoms with Crippen LogP contribution in [-0.2, 0) is 9.59 Å². The van der Waals surface area contributed by atoms with Crippen LogP contribution in [0, 0.1) is 12.3 Å². The quantitative estimate of drug-likeness (QED) is 0.485. The van der Waals surface area contributed by atoms with Crippen LogP contribution >= 0.6 is 0 Å². The van der Waals surface area contributed by atoms with Gasteiger partial charge in [0, 0.05) is 6.42 Å². The number of aliphatic carboxylic acids is 1. The highest BCUT2D eigenvalue weighted by Crippen LogP contribution is 1.88. The molecule has 0 aliphatic carbocycles. The molecule has 0 rings (SSSR count). The molecule has 0 fully saturated rings. The first-order valence-electron chi connectivity index (χ1n) is 3.71. The fourth-order valence-corrected chi connectivity index (χ4v) is 0.602. The molecule has 0 radical (unpaired) electrons. The van der Waals surface area contributed by atoms with E-state index in [1.54, 1.807) is 0 Å². The van der Waals surface area contributed by atoms with Crippen LogP contribution in [0.4, 0.5) is 0 Å². The maximum Gasteiger partial charge on any atom is 0.325 e. The van der Waals surface area contributed by atoms with E-state index in [4.69, 9.17) is 17.3 Å². The van der Waals surface area contributed by atoms with Gasteiger partial charge in [0.05, 0.1) is 6.04 Å². The van der Waals surface area contributed by atoms with Crippen molar-refractivity contribution < 1.29 is 14.7 Å². The first-order valence-corrected chi connectivity index (χ1v) is 3.71. The molecule has 0 aliphatic rings. The Hall–Kier alpha value is -1.54. The van der Waals surface area contributed by atoms with Gasteiger partial charge < -0.3 is 16.2 Å². The van der Waals surface area contributed by atoms with Gasteiger partial charge in [-0.05, 0) is 6.92 Å². The van der Waals surface area contributed by atoms with Gasteiger partial charge >= 0.3 is 5.97 Å². The summed E-state index contributed by atoms with van der Waals surface area (Å²) >= 11 is 0. The number of carbonyl (C=O) groups is 2. The fourth-order valence-electron chi connectivity index (χ4n) is 0.602. The number of hydrogen-bond acceptors (Lipinski definition) is 3. The Morgan fingerprint density at radius 2 is 2.23 bits per heavy atom. The van der Waals surface area contributed by atoms with Crippen molar-refractivity contribution >= 4 is 11.9 Å². The molecule has 0 aliphatic heterocycles. The molecule has 0 spiro atoms. The standard InChI is InChI=1S/C8H12N2O3/c1-3-4-6(9)7(11)10-5(2)8(12)13/h1,5-6H,4,9H2,2H3,(H,10,11)(H,12,13)/t5-,6?/m1/s1. The van der Waals surface area contributed by atoms with Crippen molar-refractivity contribution in [3.05, 3.63) is 0 Å². The van der Waals surface area contributed by atoms with Crippen LogP contribution in [0.2, 0.25) is 0 Å². The summed E-state index contributed by atoms with van der Waals surface area (Å²) in [5.74, 6) is 0.559. The predicted octanol–water partition coefficient (Wildman–Crippen LogP) is -1.07. The first-order chi connectivity index (χ1) is 5.99. The average molecular weight is 184 g/mol. The van der Waals surface area contributed by atoms with Crippen molar-refractivity contribution in [2.75, 3.05) is 0 Å². The highest BCUT2D eigenvalue weighted by molar-refractivity contribution is 5.86. The summed E-state index contributed by atoms with van der Waals surface area (Å²) in [6.45, 7) is 1.35. The van der Waals surface area contributed by atoms with Crippen LogP contribution in [0.15, 0.2) is 0 Å². The number of carboxylic acids is 1. The molecule has 0 aromatic carbocycles. The van der Waals surface area contributed by atoms with Crippen LogP contribution in [0.1, 0.15) is 13.3 Å². The number of carboxylic acid groups (broad SMARTS) is 1. The Morgan fingerprint density at radius 1 is 1.69 bits per heavy atom. The third-order valence-corrected chi connectivity index (χ3v) is 1.40. The van der Waals surface area contributed by atoms with Gasteiger partial charge in [0.25, 0.3) is 0 Å². The van der Waals surface area contributed by atoms with Crippen LogP contribution in [0.25, 0.3) is 0 Å². The number of carbonyl (C=O) groups excluding carboxylic acids is 1. The molecule has 0 bridgehead atoms. The molecule has 1 amide bonds. The van der Waals surface area contributed by atoms with E-state index in [0.29, 0.717) is 0 Å². The van der Waals surface area contributed by atoms with Gasteiger partial charge in [0.2, 0.25) is 5.91 Å². The van der Waals surface area contributed by atoms with Crippen molar-refractivity contribution in [2.45, 2.75) is 25.4 Å². The lowest BCUT2D eigenvalue weighted by molar-refractivity contribution is -0.141. The van der Waals surface area contributed by atoms with Gasteiger partial charge in [0.15, 0.2) is 0 Å². The van der Waals surface area contributed by atoms with E-state index in [2.05, 4.69) is 11.2 Å². The Bertz CT molecular complexity index is 244. The number of terminal acetylenes is 1. The van der Waals surface area contributed by atoms with Gasteiger partial charge in [0.1, 0.15) is 6.04 Å². The summed E-state index contributed by atoms with van der Waals surface area (Å²) in [6, 6.07) is -1.79. The minimum Gasteiger partial charge on any atom is -0.480 e. The van der Waals surface area contributed by atoms with Crippen molar-refractivity contribution in [2.24, 2.45) is 5.73 Å². The zero-order chi connectivity index (χ0) is 10.4. The smallest absolute Gasteiger partial charge is 0.325 e. The second kappa shape index (κ2) is 5.17. The van der Waals surface area contributed by atoms with Crippen molar-refractivity contribution in [3.63, 3.8) is 0 Å². The van der Waals surface area contributed by atoms with Gasteiger partial charge in [-0.2, -0.15) is 0 Å². The number of nitrogens with two attached hydrogens (primary N) is 1. The van der Waals surface area contributed by atoms with E-state index in [-0.39, 0.29) is 6.42 Å². The molecular formula is C8H12N2O3. The Morgan fingerprint density at radius 3 is 2.62 bits per heavy atom. The molecule has 0 aromatic heterocycles. The van der Waals surface area contributed by atoms with Gasteiger partial charge in [-0.3, -0.25) is 9.59 Å². The Balaban J connectivity index is 4.01. The molecular weight excluding hydrogens is 172 g/mol. The van der Waals surface area contributed by atoms with E-state index in [0.717, 1.165) is 0 Å². The molecule has 13 heavy (non-hydrogen) atoms. The minimum atomic E-state index is -1.11. The van der Waals surface area contributed by atoms with E-state index < -0.39 is 24.0 Å². The minimum absolute atomic E-state index is 0.0954. The van der Waals surface area contributed by atoms with Gasteiger partial charge in [-0.1, -0.05) is 0 Å². The molecule has 72 valence electrons. The lowest BCUT2D eigenvalue weighted by atomic mass is 10.2. The molecule has 5 heteroatoms. The molecule has 0 heterocycles. The summed E-state index contributed by atoms with van der Waals surface area (Å²) in [6.07, 6.45) is 5.03. The topological polar surface area (TPSA) is 92.4 Å². The average Bonchev–Trinajstić information content (AvgIpc) is 2.04. The fraction of sp³-hybridized carbons (Fsp3) is 0.500. The molecule has 0 saturated heterocycles. The maximum atomic E-state index is 11.1. The zero-order valence-electron chi connectivity index (χ0n) is 7.28. The van der Waals surface area contributed by atoms with Gasteiger partial charge in [-0.15, -0.1) is 12.3 Å². The molecule has 2 atom stereocenters. The molecule has 0 saturated carbocycles. The summed E-state index contributed by atoms with van der Waals surface area (Å²) in [5.41, 5.74) is 5.33. The lowest BCUT2D eigenvalue weighted by Gasteiger charge is -2.12. The van der Waals surface area contributed by atoms with Crippen LogP contribution < -0.4 is 11.1 Å². The Labute approximate surface area is 76.3 Å². The third kappa shape index (κ3) is 4.13. The van der Waals surface area contributed by atoms with Crippen LogP contribution in [0.3, 0.4) is 0 Å². The highest BCUT2D eigenvalue weighted by Gasteiger charge is 2.18. The molecule has 4 N–H and O–H groups in total. The first kappa shape index (κ1) is 11.5. The van der Waals surface area contributed by atoms with E-state index in [9.17, 15) is 9.59 Å². The third-order valence-electron chi connectivity index (χ3n) is 1.40. The van der Waals surface area contributed by atoms with E-state index in [1.807, 2.05) is 0 Å². The molecule has 5 nitrogen and oxygen atoms in total. The number of rotatable bonds is 4. The van der Waals surface area contributed by atoms with Crippen molar-refractivity contribution in [3.8, 4) is 12.3 Å². The second-order valence-electron chi connectivity index (χ2n) is 2.58. The molecule has 1 unspecified atom stereocenters. The number of hydrogen-bond donors (Lipinski definition) is 3. The zero-order valence-corrected chi connectivity index (χ0v) is 7.28. The normalized spacial score (nSPS) is 13.9. The summed E-state index contributed by atoms with van der Waals surface area (Å²) < 4.78 is 0. The van der Waals surface area contributed by atoms with E-state index in [1.165, 1.54) is 6.92 Å². The van der Waals surface area contributed by atoms with E-state index >= 15 is 0 Å². The second-order valence-corrected chi connectivity index (χ2v) is 2.58. The van der Waals surface area contributed by atoms with Crippen molar-refractivity contribution in [1.82, 2.24) is 5.32 Å². The summed E-state index contributed by atoms with van der Waals surface area (Å²) in [5, 5.41) is 10.7. The van der Waals surface area contributed by atoms with Crippen LogP contribution in [0.5, 0.6) is 0 Å². The lowest BCUT2D eigenvalue weighted by Crippen LogP contribution is -2.46. The predicted molar refractivity (Wildman–Crippen MR) is 46.7 cm³/mol. The largest absolute Gasteiger partial charge is 0.480 e. The highest BCUT2D eigenvalue weighted by atomic mass is 16.4. The summed E-state index contributed by atoms with van der Waals surface area (Å²) in [7, 11) is 0. The molecule has 0 aromatic rings. The van der Waals surface area contributed by atoms with Crippen LogP contribution in [-0.4, -0.2) is 29.1 Å². The Kier molecular flexibility index (Phi) is 4.55. The number of nitrogens with one attached hydrogen (secondary N) is 1. The number of amides is 1. The SMILES string of the molecule is C#CCC(N)C(=O)N[C@H](C)C(=O)O. The monoisotopic (exact) mass is 184 g/mol. The maximum absolute atomic E-state index is 11.1. The van der Waals surface area contributed by atoms with Crippen molar-refractivity contribution in [1.29, 1.82) is 0 Å². The van der Waals surface area contributed by atoms with Gasteiger partial charge in [-0.25, -0.2) is 0 Å².